The summed E-state index contributed by atoms with van der Waals surface area (Å²) in [5.74, 6) is 0.659. The van der Waals surface area contributed by atoms with Crippen LogP contribution in [0, 0.1) is 0 Å². The Kier molecular flexibility index (Phi) is 2.28. The fourth-order valence-electron chi connectivity index (χ4n) is 0.885. The largest absolute Gasteiger partial charge is 0.469 e. The summed E-state index contributed by atoms with van der Waals surface area (Å²) in [6, 6.07) is 3.74. The van der Waals surface area contributed by atoms with Crippen LogP contribution in [0.1, 0.15) is 0 Å². The molecule has 1 saturated heterocycles. The Bertz CT molecular complexity index is 258. The minimum atomic E-state index is 0.193. The second-order valence-electron chi connectivity index (χ2n) is 2.59. The molecule has 1 aliphatic heterocycles. The predicted octanol–water partition coefficient (Wildman–Crippen LogP) is 1.62. The number of halogens is 1. The number of ether oxygens (including phenoxy) is 2. The summed E-state index contributed by atoms with van der Waals surface area (Å²) >= 11 is 3.30. The average Bonchev–Trinajstić information content (AvgIpc) is 2.00. The van der Waals surface area contributed by atoms with Gasteiger partial charge in [0.25, 0.3) is 0 Å². The van der Waals surface area contributed by atoms with E-state index in [1.54, 1.807) is 6.20 Å². The van der Waals surface area contributed by atoms with Crippen LogP contribution in [-0.4, -0.2) is 24.3 Å². The van der Waals surface area contributed by atoms with Gasteiger partial charge in [0.1, 0.15) is 6.10 Å². The Morgan fingerprint density at radius 2 is 2.33 bits per heavy atom. The van der Waals surface area contributed by atoms with E-state index in [2.05, 4.69) is 20.9 Å². The highest BCUT2D eigenvalue weighted by Crippen LogP contribution is 2.15. The number of hydrogen-bond acceptors (Lipinski definition) is 3. The minimum Gasteiger partial charge on any atom is -0.469 e. The van der Waals surface area contributed by atoms with Crippen LogP contribution >= 0.6 is 15.9 Å². The third-order valence-electron chi connectivity index (χ3n) is 1.60. The molecule has 1 aliphatic rings. The molecule has 0 spiro atoms. The van der Waals surface area contributed by atoms with Crippen LogP contribution < -0.4 is 4.74 Å². The second-order valence-corrected chi connectivity index (χ2v) is 3.51. The van der Waals surface area contributed by atoms with Crippen LogP contribution in [0.25, 0.3) is 0 Å². The van der Waals surface area contributed by atoms with Gasteiger partial charge in [-0.1, -0.05) is 0 Å². The van der Waals surface area contributed by atoms with Crippen LogP contribution in [0.4, 0.5) is 0 Å². The zero-order valence-corrected chi connectivity index (χ0v) is 7.95. The van der Waals surface area contributed by atoms with Crippen molar-refractivity contribution in [2.24, 2.45) is 0 Å². The lowest BCUT2D eigenvalue weighted by atomic mass is 10.3. The van der Waals surface area contributed by atoms with E-state index in [9.17, 15) is 0 Å². The van der Waals surface area contributed by atoms with E-state index in [1.807, 2.05) is 12.1 Å². The standard InChI is InChI=1S/C8H8BrNO2/c9-6-1-2-8(10-3-6)12-7-4-11-5-7/h1-3,7H,4-5H2. The van der Waals surface area contributed by atoms with Crippen LogP contribution in [0.3, 0.4) is 0 Å². The lowest BCUT2D eigenvalue weighted by molar-refractivity contribution is -0.0813. The van der Waals surface area contributed by atoms with Gasteiger partial charge in [-0.2, -0.15) is 0 Å². The van der Waals surface area contributed by atoms with Crippen molar-refractivity contribution in [1.29, 1.82) is 0 Å². The van der Waals surface area contributed by atoms with Crippen molar-refractivity contribution < 1.29 is 9.47 Å². The first-order chi connectivity index (χ1) is 5.84. The highest BCUT2D eigenvalue weighted by molar-refractivity contribution is 9.10. The van der Waals surface area contributed by atoms with E-state index in [-0.39, 0.29) is 6.10 Å². The molecule has 0 unspecified atom stereocenters. The number of pyridine rings is 1. The molecule has 0 N–H and O–H groups in total. The fourth-order valence-corrected chi connectivity index (χ4v) is 1.12. The molecule has 0 amide bonds. The summed E-state index contributed by atoms with van der Waals surface area (Å²) in [6.07, 6.45) is 1.91. The highest BCUT2D eigenvalue weighted by Gasteiger charge is 2.20. The Balaban J connectivity index is 1.98. The molecule has 1 aromatic rings. The zero-order valence-electron chi connectivity index (χ0n) is 6.37. The molecule has 2 heterocycles. The van der Waals surface area contributed by atoms with E-state index >= 15 is 0 Å². The van der Waals surface area contributed by atoms with Gasteiger partial charge in [-0.3, -0.25) is 0 Å². The number of hydrogen-bond donors (Lipinski definition) is 0. The van der Waals surface area contributed by atoms with Gasteiger partial charge in [0.2, 0.25) is 5.88 Å². The molecule has 1 aromatic heterocycles. The van der Waals surface area contributed by atoms with Crippen molar-refractivity contribution in [3.8, 4) is 5.88 Å². The van der Waals surface area contributed by atoms with Crippen molar-refractivity contribution in [3.05, 3.63) is 22.8 Å². The van der Waals surface area contributed by atoms with Gasteiger partial charge in [-0.05, 0) is 22.0 Å². The predicted molar refractivity (Wildman–Crippen MR) is 47.2 cm³/mol. The molecule has 0 aliphatic carbocycles. The van der Waals surface area contributed by atoms with Crippen molar-refractivity contribution in [2.75, 3.05) is 13.2 Å². The van der Waals surface area contributed by atoms with E-state index < -0.39 is 0 Å². The van der Waals surface area contributed by atoms with Crippen molar-refractivity contribution in [2.45, 2.75) is 6.10 Å². The molecule has 1 fully saturated rings. The van der Waals surface area contributed by atoms with Crippen molar-refractivity contribution >= 4 is 15.9 Å². The van der Waals surface area contributed by atoms with Gasteiger partial charge in [-0.25, -0.2) is 4.98 Å². The maximum absolute atomic E-state index is 5.45. The maximum atomic E-state index is 5.45. The molecular formula is C8H8BrNO2. The first-order valence-corrected chi connectivity index (χ1v) is 4.50. The normalized spacial score (nSPS) is 17.1. The van der Waals surface area contributed by atoms with Gasteiger partial charge < -0.3 is 9.47 Å². The number of rotatable bonds is 2. The third-order valence-corrected chi connectivity index (χ3v) is 2.06. The first kappa shape index (κ1) is 8.01. The summed E-state index contributed by atoms with van der Waals surface area (Å²) in [5.41, 5.74) is 0. The lowest BCUT2D eigenvalue weighted by Gasteiger charge is -2.25. The first-order valence-electron chi connectivity index (χ1n) is 3.70. The lowest BCUT2D eigenvalue weighted by Crippen LogP contribution is -2.38. The van der Waals surface area contributed by atoms with Gasteiger partial charge in [-0.15, -0.1) is 0 Å². The van der Waals surface area contributed by atoms with Crippen LogP contribution in [0.15, 0.2) is 22.8 Å². The van der Waals surface area contributed by atoms with E-state index in [4.69, 9.17) is 9.47 Å². The molecule has 0 bridgehead atoms. The Morgan fingerprint density at radius 3 is 2.83 bits per heavy atom. The summed E-state index contributed by atoms with van der Waals surface area (Å²) < 4.78 is 11.4. The van der Waals surface area contributed by atoms with Crippen molar-refractivity contribution in [1.82, 2.24) is 4.98 Å². The van der Waals surface area contributed by atoms with E-state index in [1.165, 1.54) is 0 Å². The van der Waals surface area contributed by atoms with Crippen LogP contribution in [0.5, 0.6) is 5.88 Å². The third kappa shape index (κ3) is 1.76. The summed E-state index contributed by atoms with van der Waals surface area (Å²) in [4.78, 5) is 4.08. The monoisotopic (exact) mass is 229 g/mol. The van der Waals surface area contributed by atoms with Gasteiger partial charge in [0.05, 0.1) is 13.2 Å². The van der Waals surface area contributed by atoms with Gasteiger partial charge in [0, 0.05) is 16.7 Å². The van der Waals surface area contributed by atoms with E-state index in [0.29, 0.717) is 19.1 Å². The molecule has 0 radical (unpaired) electrons. The number of nitrogens with zero attached hydrogens (tertiary/aromatic N) is 1. The molecule has 0 saturated carbocycles. The maximum Gasteiger partial charge on any atom is 0.213 e. The summed E-state index contributed by atoms with van der Waals surface area (Å²) in [6.45, 7) is 1.36. The average molecular weight is 230 g/mol. The smallest absolute Gasteiger partial charge is 0.213 e. The molecule has 2 rings (SSSR count). The fraction of sp³-hybridized carbons (Fsp3) is 0.375. The molecular weight excluding hydrogens is 222 g/mol. The van der Waals surface area contributed by atoms with Crippen molar-refractivity contribution in [3.63, 3.8) is 0 Å². The molecule has 12 heavy (non-hydrogen) atoms. The SMILES string of the molecule is Brc1ccc(OC2COC2)nc1. The molecule has 0 atom stereocenters. The molecule has 4 heteroatoms. The molecule has 3 nitrogen and oxygen atoms in total. The summed E-state index contributed by atoms with van der Waals surface area (Å²) in [5, 5.41) is 0. The Labute approximate surface area is 78.8 Å². The van der Waals surface area contributed by atoms with E-state index in [0.717, 1.165) is 4.47 Å². The van der Waals surface area contributed by atoms with Crippen LogP contribution in [0.2, 0.25) is 0 Å². The minimum absolute atomic E-state index is 0.193. The quantitative estimate of drug-likeness (QED) is 0.773. The van der Waals surface area contributed by atoms with Gasteiger partial charge in [0.15, 0.2) is 0 Å². The second kappa shape index (κ2) is 3.41. The highest BCUT2D eigenvalue weighted by atomic mass is 79.9. The Morgan fingerprint density at radius 1 is 1.50 bits per heavy atom. The summed E-state index contributed by atoms with van der Waals surface area (Å²) in [7, 11) is 0. The molecule has 64 valence electrons. The Hall–Kier alpha value is -0.610. The molecule has 0 aromatic carbocycles. The topological polar surface area (TPSA) is 31.4 Å². The van der Waals surface area contributed by atoms with Gasteiger partial charge >= 0.3 is 0 Å². The number of aromatic nitrogens is 1. The zero-order chi connectivity index (χ0) is 8.39. The van der Waals surface area contributed by atoms with Crippen LogP contribution in [-0.2, 0) is 4.74 Å².